The molecule has 0 amide bonds. The minimum absolute atomic E-state index is 0.300. The third-order valence-corrected chi connectivity index (χ3v) is 8.64. The van der Waals surface area contributed by atoms with Crippen molar-refractivity contribution in [1.82, 2.24) is 0 Å². The van der Waals surface area contributed by atoms with E-state index in [9.17, 15) is 4.39 Å². The standard InChI is InChI=1S/C22H33F/c1-14(2)18-7-8-19-17-6-5-15-13-16(23)9-11-21(15,3)20(17)10-12-22(18,19)4/h5,16-20H,1,6-13H2,2-4H3/t16-,17-,18+,19-,20-,21-,22+/m0/s1. The number of alkyl halides is 1. The van der Waals surface area contributed by atoms with Crippen molar-refractivity contribution in [1.29, 1.82) is 0 Å². The van der Waals surface area contributed by atoms with Gasteiger partial charge in [-0.1, -0.05) is 37.6 Å². The number of allylic oxidation sites excluding steroid dienone is 3. The Morgan fingerprint density at radius 1 is 1.13 bits per heavy atom. The highest BCUT2D eigenvalue weighted by Crippen LogP contribution is 2.67. The van der Waals surface area contributed by atoms with Gasteiger partial charge in [0.25, 0.3) is 0 Å². The maximum absolute atomic E-state index is 13.9. The Balaban J connectivity index is 1.66. The molecule has 4 aliphatic carbocycles. The summed E-state index contributed by atoms with van der Waals surface area (Å²) >= 11 is 0. The van der Waals surface area contributed by atoms with Crippen molar-refractivity contribution < 1.29 is 4.39 Å². The molecule has 0 saturated heterocycles. The molecule has 4 rings (SSSR count). The quantitative estimate of drug-likeness (QED) is 0.486. The van der Waals surface area contributed by atoms with Crippen LogP contribution in [0.4, 0.5) is 4.39 Å². The second-order valence-corrected chi connectivity index (χ2v) is 9.62. The molecule has 0 aromatic rings. The summed E-state index contributed by atoms with van der Waals surface area (Å²) in [6, 6.07) is 0. The van der Waals surface area contributed by atoms with E-state index in [1.807, 2.05) is 0 Å². The van der Waals surface area contributed by atoms with E-state index in [4.69, 9.17) is 0 Å². The summed E-state index contributed by atoms with van der Waals surface area (Å²) in [6.45, 7) is 11.6. The zero-order valence-electron chi connectivity index (χ0n) is 15.2. The number of rotatable bonds is 1. The van der Waals surface area contributed by atoms with Gasteiger partial charge in [0.15, 0.2) is 0 Å². The molecule has 0 N–H and O–H groups in total. The van der Waals surface area contributed by atoms with Crippen LogP contribution >= 0.6 is 0 Å². The Bertz CT molecular complexity index is 546. The van der Waals surface area contributed by atoms with Crippen LogP contribution in [0.15, 0.2) is 23.8 Å². The van der Waals surface area contributed by atoms with Crippen LogP contribution < -0.4 is 0 Å². The van der Waals surface area contributed by atoms with Crippen LogP contribution in [-0.2, 0) is 0 Å². The number of hydrogen-bond acceptors (Lipinski definition) is 0. The smallest absolute Gasteiger partial charge is 0.104 e. The van der Waals surface area contributed by atoms with E-state index in [0.29, 0.717) is 10.8 Å². The molecular weight excluding hydrogens is 283 g/mol. The van der Waals surface area contributed by atoms with Gasteiger partial charge in [0.2, 0.25) is 0 Å². The second kappa shape index (κ2) is 5.20. The van der Waals surface area contributed by atoms with Crippen LogP contribution in [0, 0.1) is 34.5 Å². The summed E-state index contributed by atoms with van der Waals surface area (Å²) in [7, 11) is 0. The molecule has 128 valence electrons. The fourth-order valence-corrected chi connectivity index (χ4v) is 7.43. The van der Waals surface area contributed by atoms with Gasteiger partial charge in [0, 0.05) is 6.42 Å². The molecule has 0 unspecified atom stereocenters. The third-order valence-electron chi connectivity index (χ3n) is 8.64. The summed E-state index contributed by atoms with van der Waals surface area (Å²) in [5.41, 5.74) is 3.65. The van der Waals surface area contributed by atoms with Crippen molar-refractivity contribution in [2.45, 2.75) is 78.3 Å². The molecule has 0 bridgehead atoms. The van der Waals surface area contributed by atoms with Crippen molar-refractivity contribution in [2.24, 2.45) is 34.5 Å². The van der Waals surface area contributed by atoms with Gasteiger partial charge in [0.1, 0.15) is 6.17 Å². The molecule has 7 atom stereocenters. The van der Waals surface area contributed by atoms with Gasteiger partial charge in [-0.05, 0) is 86.4 Å². The van der Waals surface area contributed by atoms with E-state index >= 15 is 0 Å². The summed E-state index contributed by atoms with van der Waals surface area (Å²) < 4.78 is 13.9. The lowest BCUT2D eigenvalue weighted by atomic mass is 9.47. The van der Waals surface area contributed by atoms with Crippen LogP contribution in [-0.4, -0.2) is 6.17 Å². The zero-order chi connectivity index (χ0) is 16.4. The molecule has 3 saturated carbocycles. The van der Waals surface area contributed by atoms with Gasteiger partial charge < -0.3 is 0 Å². The highest BCUT2D eigenvalue weighted by atomic mass is 19.1. The zero-order valence-corrected chi connectivity index (χ0v) is 15.2. The first kappa shape index (κ1) is 15.9. The van der Waals surface area contributed by atoms with E-state index in [0.717, 1.165) is 42.9 Å². The molecule has 0 aliphatic heterocycles. The maximum Gasteiger partial charge on any atom is 0.104 e. The first-order valence-corrected chi connectivity index (χ1v) is 9.85. The Morgan fingerprint density at radius 3 is 2.65 bits per heavy atom. The topological polar surface area (TPSA) is 0 Å². The lowest BCUT2D eigenvalue weighted by Gasteiger charge is -2.58. The molecule has 0 spiro atoms. The van der Waals surface area contributed by atoms with E-state index < -0.39 is 6.17 Å². The third kappa shape index (κ3) is 2.14. The molecule has 0 aromatic carbocycles. The van der Waals surface area contributed by atoms with E-state index in [1.165, 1.54) is 43.3 Å². The Hall–Kier alpha value is -0.590. The number of hydrogen-bond donors (Lipinski definition) is 0. The van der Waals surface area contributed by atoms with Crippen molar-refractivity contribution in [3.05, 3.63) is 23.8 Å². The van der Waals surface area contributed by atoms with Gasteiger partial charge in [-0.2, -0.15) is 0 Å². The average molecular weight is 317 g/mol. The minimum atomic E-state index is -0.584. The second-order valence-electron chi connectivity index (χ2n) is 9.62. The normalized spacial score (nSPS) is 52.2. The number of fused-ring (bicyclic) bond motifs is 5. The summed E-state index contributed by atoms with van der Waals surface area (Å²) in [4.78, 5) is 0. The molecule has 3 fully saturated rings. The lowest BCUT2D eigenvalue weighted by Crippen LogP contribution is -2.50. The molecule has 23 heavy (non-hydrogen) atoms. The number of halogens is 1. The van der Waals surface area contributed by atoms with Gasteiger partial charge in [0.05, 0.1) is 0 Å². The first-order chi connectivity index (χ1) is 10.9. The largest absolute Gasteiger partial charge is 0.247 e. The van der Waals surface area contributed by atoms with Crippen LogP contribution in [0.2, 0.25) is 0 Å². The van der Waals surface area contributed by atoms with E-state index in [1.54, 1.807) is 0 Å². The van der Waals surface area contributed by atoms with Gasteiger partial charge in [-0.25, -0.2) is 4.39 Å². The van der Waals surface area contributed by atoms with Crippen molar-refractivity contribution in [3.8, 4) is 0 Å². The molecule has 0 radical (unpaired) electrons. The highest BCUT2D eigenvalue weighted by molar-refractivity contribution is 5.26. The van der Waals surface area contributed by atoms with Crippen LogP contribution in [0.1, 0.15) is 72.1 Å². The highest BCUT2D eigenvalue weighted by Gasteiger charge is 2.58. The Labute approximate surface area is 141 Å². The van der Waals surface area contributed by atoms with E-state index in [-0.39, 0.29) is 0 Å². The first-order valence-electron chi connectivity index (χ1n) is 9.85. The van der Waals surface area contributed by atoms with E-state index in [2.05, 4.69) is 33.4 Å². The minimum Gasteiger partial charge on any atom is -0.247 e. The molecule has 0 heterocycles. The van der Waals surface area contributed by atoms with Crippen molar-refractivity contribution in [3.63, 3.8) is 0 Å². The van der Waals surface area contributed by atoms with Crippen molar-refractivity contribution >= 4 is 0 Å². The fraction of sp³-hybridized carbons (Fsp3) is 0.818. The van der Waals surface area contributed by atoms with Crippen LogP contribution in [0.3, 0.4) is 0 Å². The lowest BCUT2D eigenvalue weighted by molar-refractivity contribution is -0.0406. The van der Waals surface area contributed by atoms with Crippen LogP contribution in [0.25, 0.3) is 0 Å². The Kier molecular flexibility index (Phi) is 3.60. The predicted molar refractivity (Wildman–Crippen MR) is 94.9 cm³/mol. The monoisotopic (exact) mass is 316 g/mol. The SMILES string of the molecule is C=C(C)[C@H]1CC[C@H]2[C@@H]3CC=C4C[C@@H](F)CC[C@]4(C)[C@H]3CC[C@]12C. The van der Waals surface area contributed by atoms with Gasteiger partial charge in [-0.15, -0.1) is 0 Å². The molecule has 0 aromatic heterocycles. The maximum atomic E-state index is 13.9. The van der Waals surface area contributed by atoms with Crippen LogP contribution in [0.5, 0.6) is 0 Å². The summed E-state index contributed by atoms with van der Waals surface area (Å²) in [5.74, 6) is 3.23. The Morgan fingerprint density at radius 2 is 1.91 bits per heavy atom. The van der Waals surface area contributed by atoms with Gasteiger partial charge in [-0.3, -0.25) is 0 Å². The predicted octanol–water partition coefficient (Wildman–Crippen LogP) is 6.48. The summed E-state index contributed by atoms with van der Waals surface area (Å²) in [6.07, 6.45) is 11.1. The summed E-state index contributed by atoms with van der Waals surface area (Å²) in [5, 5.41) is 0. The molecule has 4 aliphatic rings. The van der Waals surface area contributed by atoms with Crippen molar-refractivity contribution in [2.75, 3.05) is 0 Å². The molecular formula is C22H33F. The van der Waals surface area contributed by atoms with Gasteiger partial charge >= 0.3 is 0 Å². The fourth-order valence-electron chi connectivity index (χ4n) is 7.43. The molecule has 1 heteroatoms. The molecule has 0 nitrogen and oxygen atoms in total. The average Bonchev–Trinajstić information content (AvgIpc) is 2.85.